The predicted molar refractivity (Wildman–Crippen MR) is 120 cm³/mol. The fourth-order valence-electron chi connectivity index (χ4n) is 4.17. The summed E-state index contributed by atoms with van der Waals surface area (Å²) in [6, 6.07) is 0. The highest BCUT2D eigenvalue weighted by molar-refractivity contribution is 5.68. The van der Waals surface area contributed by atoms with Crippen LogP contribution in [0.25, 0.3) is 0 Å². The Kier molecular flexibility index (Phi) is 11.4. The fourth-order valence-corrected chi connectivity index (χ4v) is 4.17. The second-order valence-corrected chi connectivity index (χ2v) is 8.71. The molecule has 0 aliphatic carbocycles. The second-order valence-electron chi connectivity index (χ2n) is 8.71. The highest BCUT2D eigenvalue weighted by Crippen LogP contribution is 2.34. The van der Waals surface area contributed by atoms with Crippen LogP contribution in [-0.4, -0.2) is 108 Å². The highest BCUT2D eigenvalue weighted by atomic mass is 16.8. The molecule has 15 nitrogen and oxygen atoms in total. The van der Waals surface area contributed by atoms with E-state index in [0.29, 0.717) is 0 Å². The monoisotopic (exact) mass is 550 g/mol. The summed E-state index contributed by atoms with van der Waals surface area (Å²) in [5.74, 6) is -3.97. The van der Waals surface area contributed by atoms with E-state index in [1.54, 1.807) is 6.92 Å². The lowest BCUT2D eigenvalue weighted by Gasteiger charge is -2.47. The second kappa shape index (κ2) is 13.8. The van der Waals surface area contributed by atoms with Gasteiger partial charge in [0.15, 0.2) is 37.0 Å². The number of aliphatic hydroxyl groups is 2. The van der Waals surface area contributed by atoms with Crippen molar-refractivity contribution in [2.45, 2.75) is 109 Å². The van der Waals surface area contributed by atoms with Gasteiger partial charge in [-0.05, 0) is 6.42 Å². The molecule has 0 spiro atoms. The summed E-state index contributed by atoms with van der Waals surface area (Å²) in [7, 11) is 0. The summed E-state index contributed by atoms with van der Waals surface area (Å²) >= 11 is 0. The number of aliphatic hydroxyl groups excluding tert-OH is 2. The number of rotatable bonds is 9. The van der Waals surface area contributed by atoms with E-state index in [0.717, 1.165) is 34.6 Å². The lowest BCUT2D eigenvalue weighted by Crippen LogP contribution is -2.66. The van der Waals surface area contributed by atoms with E-state index in [9.17, 15) is 34.2 Å². The Morgan fingerprint density at radius 3 is 1.63 bits per heavy atom. The van der Waals surface area contributed by atoms with E-state index in [4.69, 9.17) is 37.9 Å². The SMILES string of the molecule is CCC1O[C@@H](O)C(OC(C)=O)[C@@H](OC(C)=O)[C@H]1O[C@@H]1OC(COC(C)=O)[C@H](O)[C@H](OC(C)=O)C1OC(C)=O. The Bertz CT molecular complexity index is 875. The Hall–Kier alpha value is -2.85. The van der Waals surface area contributed by atoms with Crippen molar-refractivity contribution in [1.29, 1.82) is 0 Å². The molecule has 0 amide bonds. The lowest BCUT2D eigenvalue weighted by molar-refractivity contribution is -0.355. The predicted octanol–water partition coefficient (Wildman–Crippen LogP) is -1.13. The maximum Gasteiger partial charge on any atom is 0.303 e. The van der Waals surface area contributed by atoms with Crippen LogP contribution in [0.3, 0.4) is 0 Å². The molecular weight excluding hydrogens is 516 g/mol. The van der Waals surface area contributed by atoms with Gasteiger partial charge in [-0.15, -0.1) is 0 Å². The Morgan fingerprint density at radius 1 is 0.632 bits per heavy atom. The number of esters is 5. The van der Waals surface area contributed by atoms with Crippen LogP contribution in [0.4, 0.5) is 0 Å². The molecule has 2 N–H and O–H groups in total. The van der Waals surface area contributed by atoms with Gasteiger partial charge in [0.2, 0.25) is 0 Å². The minimum Gasteiger partial charge on any atom is -0.463 e. The molecule has 0 aromatic heterocycles. The average Bonchev–Trinajstić information content (AvgIpc) is 2.79. The summed E-state index contributed by atoms with van der Waals surface area (Å²) in [5, 5.41) is 21.3. The normalized spacial score (nSPS) is 34.9. The van der Waals surface area contributed by atoms with Crippen molar-refractivity contribution in [2.75, 3.05) is 6.61 Å². The largest absolute Gasteiger partial charge is 0.463 e. The molecule has 2 fully saturated rings. The van der Waals surface area contributed by atoms with Crippen LogP contribution in [0.1, 0.15) is 48.0 Å². The fraction of sp³-hybridized carbons (Fsp3) is 0.783. The summed E-state index contributed by atoms with van der Waals surface area (Å²) in [5.41, 5.74) is 0. The molecule has 0 radical (unpaired) electrons. The van der Waals surface area contributed by atoms with Gasteiger partial charge in [-0.3, -0.25) is 24.0 Å². The van der Waals surface area contributed by atoms with E-state index in [-0.39, 0.29) is 6.42 Å². The van der Waals surface area contributed by atoms with E-state index >= 15 is 0 Å². The van der Waals surface area contributed by atoms with Crippen LogP contribution in [0.5, 0.6) is 0 Å². The van der Waals surface area contributed by atoms with Crippen LogP contribution in [-0.2, 0) is 61.9 Å². The lowest BCUT2D eigenvalue weighted by atomic mass is 9.95. The van der Waals surface area contributed by atoms with Gasteiger partial charge in [0.1, 0.15) is 24.9 Å². The molecule has 38 heavy (non-hydrogen) atoms. The molecule has 0 saturated carbocycles. The Morgan fingerprint density at radius 2 is 1.13 bits per heavy atom. The summed E-state index contributed by atoms with van der Waals surface area (Å²) in [6.45, 7) is 6.60. The third kappa shape index (κ3) is 8.33. The number of hydrogen-bond acceptors (Lipinski definition) is 15. The van der Waals surface area contributed by atoms with E-state index < -0.39 is 97.9 Å². The molecular formula is C23H34O15. The smallest absolute Gasteiger partial charge is 0.303 e. The summed E-state index contributed by atoms with van der Waals surface area (Å²) in [6.07, 6.45) is -14.3. The maximum absolute atomic E-state index is 11.9. The molecule has 2 heterocycles. The third-order valence-corrected chi connectivity index (χ3v) is 5.58. The van der Waals surface area contributed by atoms with Crippen molar-refractivity contribution in [3.8, 4) is 0 Å². The first-order chi connectivity index (χ1) is 17.7. The van der Waals surface area contributed by atoms with Crippen molar-refractivity contribution >= 4 is 29.8 Å². The minimum absolute atomic E-state index is 0.199. The molecule has 15 heteroatoms. The van der Waals surface area contributed by atoms with Crippen molar-refractivity contribution in [2.24, 2.45) is 0 Å². The number of hydrogen-bond donors (Lipinski definition) is 2. The molecule has 216 valence electrons. The standard InChI is InChI=1S/C23H34O15/c1-7-14-17(19(33-11(4)26)20(22(30)36-14)34-12(5)27)38-23-21(35-13(6)28)18(32-10(3)25)16(29)15(37-23)8-31-9(2)24/h14-23,29-30H,7-8H2,1-6H3/t14?,15?,16-,17-,18-,19-,20?,21?,22+,23-/m0/s1. The van der Waals surface area contributed by atoms with Crippen LogP contribution in [0, 0.1) is 0 Å². The van der Waals surface area contributed by atoms with Crippen molar-refractivity contribution in [3.63, 3.8) is 0 Å². The number of carbonyl (C=O) groups excluding carboxylic acids is 5. The van der Waals surface area contributed by atoms with Crippen molar-refractivity contribution < 1.29 is 72.1 Å². The first-order valence-corrected chi connectivity index (χ1v) is 11.9. The highest BCUT2D eigenvalue weighted by Gasteiger charge is 2.55. The van der Waals surface area contributed by atoms with E-state index in [1.807, 2.05) is 0 Å². The van der Waals surface area contributed by atoms with Gasteiger partial charge in [-0.25, -0.2) is 0 Å². The first-order valence-electron chi connectivity index (χ1n) is 11.9. The van der Waals surface area contributed by atoms with Crippen LogP contribution in [0.15, 0.2) is 0 Å². The molecule has 0 bridgehead atoms. The van der Waals surface area contributed by atoms with Crippen LogP contribution in [0.2, 0.25) is 0 Å². The maximum atomic E-state index is 11.9. The van der Waals surface area contributed by atoms with Crippen LogP contribution >= 0.6 is 0 Å². The zero-order valence-corrected chi connectivity index (χ0v) is 21.9. The molecule has 2 saturated heterocycles. The van der Waals surface area contributed by atoms with Gasteiger partial charge >= 0.3 is 29.8 Å². The van der Waals surface area contributed by atoms with Gasteiger partial charge < -0.3 is 48.1 Å². The quantitative estimate of drug-likeness (QED) is 0.258. The van der Waals surface area contributed by atoms with Gasteiger partial charge in [0.25, 0.3) is 0 Å². The zero-order chi connectivity index (χ0) is 28.7. The first kappa shape index (κ1) is 31.4. The summed E-state index contributed by atoms with van der Waals surface area (Å²) in [4.78, 5) is 58.7. The Labute approximate surface area is 218 Å². The molecule has 2 rings (SSSR count). The Balaban J connectivity index is 2.51. The molecule has 0 aromatic rings. The van der Waals surface area contributed by atoms with Crippen molar-refractivity contribution in [1.82, 2.24) is 0 Å². The minimum atomic E-state index is -1.68. The van der Waals surface area contributed by atoms with E-state index in [1.165, 1.54) is 0 Å². The van der Waals surface area contributed by atoms with Gasteiger partial charge in [-0.2, -0.15) is 0 Å². The number of ether oxygens (including phenoxy) is 8. The molecule has 4 unspecified atom stereocenters. The molecule has 2 aliphatic rings. The van der Waals surface area contributed by atoms with E-state index in [2.05, 4.69) is 0 Å². The topological polar surface area (TPSA) is 200 Å². The van der Waals surface area contributed by atoms with Gasteiger partial charge in [0.05, 0.1) is 6.10 Å². The molecule has 10 atom stereocenters. The summed E-state index contributed by atoms with van der Waals surface area (Å²) < 4.78 is 43.3. The molecule has 0 aromatic carbocycles. The average molecular weight is 551 g/mol. The third-order valence-electron chi connectivity index (χ3n) is 5.58. The van der Waals surface area contributed by atoms with Gasteiger partial charge in [-0.1, -0.05) is 6.92 Å². The van der Waals surface area contributed by atoms with Crippen molar-refractivity contribution in [3.05, 3.63) is 0 Å². The van der Waals surface area contributed by atoms with Gasteiger partial charge in [0, 0.05) is 34.6 Å². The molecule has 2 aliphatic heterocycles. The van der Waals surface area contributed by atoms with Crippen LogP contribution < -0.4 is 0 Å². The zero-order valence-electron chi connectivity index (χ0n) is 21.9. The number of carbonyl (C=O) groups is 5.